The van der Waals surface area contributed by atoms with Gasteiger partial charge in [0.2, 0.25) is 5.91 Å². The van der Waals surface area contributed by atoms with Gasteiger partial charge in [-0.15, -0.1) is 0 Å². The Morgan fingerprint density at radius 1 is 1.45 bits per heavy atom. The predicted molar refractivity (Wildman–Crippen MR) is 79.9 cm³/mol. The number of thiophene rings is 1. The summed E-state index contributed by atoms with van der Waals surface area (Å²) >= 11 is 1.68. The number of piperidine rings is 1. The van der Waals surface area contributed by atoms with Crippen LogP contribution in [0.15, 0.2) is 16.8 Å². The molecule has 112 valence electrons. The van der Waals surface area contributed by atoms with E-state index in [0.29, 0.717) is 19.4 Å². The number of rotatable bonds is 7. The zero-order valence-corrected chi connectivity index (χ0v) is 12.6. The van der Waals surface area contributed by atoms with Crippen molar-refractivity contribution in [3.05, 3.63) is 22.4 Å². The molecule has 1 aliphatic heterocycles. The quantitative estimate of drug-likeness (QED) is 0.784. The molecule has 0 radical (unpaired) electrons. The second-order valence-corrected chi connectivity index (χ2v) is 5.94. The predicted octanol–water partition coefficient (Wildman–Crippen LogP) is 2.07. The van der Waals surface area contributed by atoms with Gasteiger partial charge in [0, 0.05) is 32.7 Å². The zero-order valence-electron chi connectivity index (χ0n) is 11.8. The smallest absolute Gasteiger partial charge is 0.222 e. The lowest BCUT2D eigenvalue weighted by atomic mass is 10.1. The topological polar surface area (TPSA) is 49.8 Å². The van der Waals surface area contributed by atoms with Crippen molar-refractivity contribution in [2.45, 2.75) is 38.2 Å². The maximum Gasteiger partial charge on any atom is 0.222 e. The van der Waals surface area contributed by atoms with Gasteiger partial charge in [-0.3, -0.25) is 4.79 Å². The van der Waals surface area contributed by atoms with Crippen LogP contribution in [0.4, 0.5) is 0 Å². The fraction of sp³-hybridized carbons (Fsp3) is 0.667. The van der Waals surface area contributed by atoms with Crippen LogP contribution in [0.2, 0.25) is 0 Å². The average molecular weight is 297 g/mol. The third kappa shape index (κ3) is 4.89. The summed E-state index contributed by atoms with van der Waals surface area (Å²) in [4.78, 5) is 14.1. The molecule has 1 aliphatic rings. The summed E-state index contributed by atoms with van der Waals surface area (Å²) in [5.41, 5.74) is 1.26. The fourth-order valence-corrected chi connectivity index (χ4v) is 3.13. The molecule has 1 saturated heterocycles. The Kier molecular flexibility index (Phi) is 6.50. The Hall–Kier alpha value is -0.910. The Morgan fingerprint density at radius 3 is 2.90 bits per heavy atom. The maximum atomic E-state index is 12.1. The van der Waals surface area contributed by atoms with E-state index in [1.807, 2.05) is 4.90 Å². The molecule has 0 atom stereocenters. The first-order valence-corrected chi connectivity index (χ1v) is 8.25. The van der Waals surface area contributed by atoms with Gasteiger partial charge in [-0.2, -0.15) is 11.3 Å². The van der Waals surface area contributed by atoms with Crippen LogP contribution < -0.4 is 0 Å². The first-order valence-electron chi connectivity index (χ1n) is 7.31. The van der Waals surface area contributed by atoms with Crippen molar-refractivity contribution in [1.82, 2.24) is 4.90 Å². The van der Waals surface area contributed by atoms with Crippen molar-refractivity contribution in [1.29, 1.82) is 0 Å². The molecule has 1 amide bonds. The number of aliphatic hydroxyl groups excluding tert-OH is 1. The highest BCUT2D eigenvalue weighted by molar-refractivity contribution is 7.07. The summed E-state index contributed by atoms with van der Waals surface area (Å²) in [5, 5.41) is 12.9. The van der Waals surface area contributed by atoms with Gasteiger partial charge in [-0.1, -0.05) is 0 Å². The molecule has 0 bridgehead atoms. The fourth-order valence-electron chi connectivity index (χ4n) is 2.43. The number of amides is 1. The average Bonchev–Trinajstić information content (AvgIpc) is 2.99. The lowest BCUT2D eigenvalue weighted by Gasteiger charge is -2.32. The number of nitrogens with zero attached hydrogens (tertiary/aromatic N) is 1. The number of hydrogen-bond acceptors (Lipinski definition) is 4. The Balaban J connectivity index is 1.64. The number of carbonyl (C=O) groups is 1. The van der Waals surface area contributed by atoms with Gasteiger partial charge in [-0.05, 0) is 48.1 Å². The molecule has 1 aromatic heterocycles. The zero-order chi connectivity index (χ0) is 14.2. The van der Waals surface area contributed by atoms with Gasteiger partial charge >= 0.3 is 0 Å². The highest BCUT2D eigenvalue weighted by Gasteiger charge is 2.22. The van der Waals surface area contributed by atoms with Crippen molar-refractivity contribution in [3.63, 3.8) is 0 Å². The van der Waals surface area contributed by atoms with Crippen LogP contribution >= 0.6 is 11.3 Å². The molecule has 1 aromatic rings. The molecule has 20 heavy (non-hydrogen) atoms. The molecular formula is C15H23NO3S. The van der Waals surface area contributed by atoms with Crippen LogP contribution in [0, 0.1) is 0 Å². The van der Waals surface area contributed by atoms with Crippen molar-refractivity contribution in [2.75, 3.05) is 26.3 Å². The summed E-state index contributed by atoms with van der Waals surface area (Å²) in [6.07, 6.45) is 4.22. The van der Waals surface area contributed by atoms with Gasteiger partial charge < -0.3 is 14.7 Å². The van der Waals surface area contributed by atoms with Crippen molar-refractivity contribution in [3.8, 4) is 0 Å². The van der Waals surface area contributed by atoms with E-state index in [9.17, 15) is 4.79 Å². The molecule has 2 heterocycles. The van der Waals surface area contributed by atoms with Crippen LogP contribution in [0.25, 0.3) is 0 Å². The van der Waals surface area contributed by atoms with Crippen molar-refractivity contribution < 1.29 is 14.6 Å². The van der Waals surface area contributed by atoms with E-state index in [4.69, 9.17) is 9.84 Å². The van der Waals surface area contributed by atoms with Gasteiger partial charge in [0.25, 0.3) is 0 Å². The number of likely N-dealkylation sites (tertiary alicyclic amines) is 1. The molecule has 1 N–H and O–H groups in total. The minimum atomic E-state index is 0.180. The van der Waals surface area contributed by atoms with E-state index in [1.165, 1.54) is 5.56 Å². The molecule has 4 nitrogen and oxygen atoms in total. The van der Waals surface area contributed by atoms with Gasteiger partial charge in [0.1, 0.15) is 0 Å². The van der Waals surface area contributed by atoms with Crippen LogP contribution in [-0.2, 0) is 16.0 Å². The standard InChI is InChI=1S/C15H23NO3S/c17-9-1-10-19-14-4-7-16(8-5-14)15(18)3-2-13-6-11-20-12-13/h6,11-12,14,17H,1-5,7-10H2. The van der Waals surface area contributed by atoms with E-state index in [2.05, 4.69) is 16.8 Å². The number of hydrogen-bond donors (Lipinski definition) is 1. The molecule has 0 unspecified atom stereocenters. The van der Waals surface area contributed by atoms with Crippen LogP contribution in [0.1, 0.15) is 31.2 Å². The molecule has 5 heteroatoms. The van der Waals surface area contributed by atoms with E-state index in [0.717, 1.165) is 32.4 Å². The normalized spacial score (nSPS) is 16.6. The molecule has 0 saturated carbocycles. The maximum absolute atomic E-state index is 12.1. The molecule has 0 aromatic carbocycles. The van der Waals surface area contributed by atoms with E-state index < -0.39 is 0 Å². The van der Waals surface area contributed by atoms with E-state index in [1.54, 1.807) is 11.3 Å². The lowest BCUT2D eigenvalue weighted by Crippen LogP contribution is -2.41. The monoisotopic (exact) mass is 297 g/mol. The van der Waals surface area contributed by atoms with Crippen LogP contribution in [0.3, 0.4) is 0 Å². The van der Waals surface area contributed by atoms with Crippen molar-refractivity contribution >= 4 is 17.2 Å². The molecule has 0 aliphatic carbocycles. The largest absolute Gasteiger partial charge is 0.396 e. The van der Waals surface area contributed by atoms with Gasteiger partial charge in [0.05, 0.1) is 6.10 Å². The molecule has 2 rings (SSSR count). The Morgan fingerprint density at radius 2 is 2.25 bits per heavy atom. The Bertz CT molecular complexity index is 386. The minimum absolute atomic E-state index is 0.180. The van der Waals surface area contributed by atoms with Gasteiger partial charge in [-0.25, -0.2) is 0 Å². The minimum Gasteiger partial charge on any atom is -0.396 e. The van der Waals surface area contributed by atoms with Gasteiger partial charge in [0.15, 0.2) is 0 Å². The van der Waals surface area contributed by atoms with Crippen molar-refractivity contribution in [2.24, 2.45) is 0 Å². The number of aryl methyl sites for hydroxylation is 1. The van der Waals surface area contributed by atoms with Crippen LogP contribution in [0.5, 0.6) is 0 Å². The summed E-state index contributed by atoms with van der Waals surface area (Å²) in [7, 11) is 0. The summed E-state index contributed by atoms with van der Waals surface area (Å²) in [5.74, 6) is 0.255. The van der Waals surface area contributed by atoms with E-state index >= 15 is 0 Å². The number of carbonyl (C=O) groups excluding carboxylic acids is 1. The molecule has 0 spiro atoms. The lowest BCUT2D eigenvalue weighted by molar-refractivity contribution is -0.133. The highest BCUT2D eigenvalue weighted by Crippen LogP contribution is 2.16. The summed E-state index contributed by atoms with van der Waals surface area (Å²) in [6, 6.07) is 2.08. The van der Waals surface area contributed by atoms with E-state index in [-0.39, 0.29) is 18.6 Å². The molecule has 1 fully saturated rings. The van der Waals surface area contributed by atoms with Crippen LogP contribution in [-0.4, -0.2) is 48.3 Å². The SMILES string of the molecule is O=C(CCc1ccsc1)N1CCC(OCCCO)CC1. The first-order chi connectivity index (χ1) is 9.79. The summed E-state index contributed by atoms with van der Waals surface area (Å²) < 4.78 is 5.67. The third-order valence-electron chi connectivity index (χ3n) is 3.66. The summed E-state index contributed by atoms with van der Waals surface area (Å²) in [6.45, 7) is 2.39. The second-order valence-electron chi connectivity index (χ2n) is 5.16. The molecular weight excluding hydrogens is 274 g/mol. The second kappa shape index (κ2) is 8.39. The number of ether oxygens (including phenoxy) is 1. The first kappa shape index (κ1) is 15.5. The number of aliphatic hydroxyl groups is 1. The Labute approximate surface area is 124 Å². The highest BCUT2D eigenvalue weighted by atomic mass is 32.1. The third-order valence-corrected chi connectivity index (χ3v) is 4.39.